The molecule has 0 spiro atoms. The van der Waals surface area contributed by atoms with Gasteiger partial charge in [-0.2, -0.15) is 0 Å². The van der Waals surface area contributed by atoms with Crippen molar-refractivity contribution in [3.05, 3.63) is 58.0 Å². The third kappa shape index (κ3) is 5.48. The molecule has 0 atom stereocenters. The van der Waals surface area contributed by atoms with Gasteiger partial charge in [0, 0.05) is 17.8 Å². The Morgan fingerprint density at radius 3 is 2.81 bits per heavy atom. The molecule has 27 heavy (non-hydrogen) atoms. The maximum Gasteiger partial charge on any atom is 0.230 e. The highest BCUT2D eigenvalue weighted by Gasteiger charge is 2.13. The van der Waals surface area contributed by atoms with E-state index in [4.69, 9.17) is 10.6 Å². The minimum Gasteiger partial charge on any atom is -0.497 e. The summed E-state index contributed by atoms with van der Waals surface area (Å²) in [6.45, 7) is 0.623. The summed E-state index contributed by atoms with van der Waals surface area (Å²) < 4.78 is 6.59. The molecule has 3 N–H and O–H groups in total. The number of nitrogens with zero attached hydrogens (tertiary/aromatic N) is 3. The Balaban J connectivity index is 1.47. The number of aromatic nitrogens is 3. The number of nitrogens with one attached hydrogen (secondary N) is 1. The standard InChI is InChI=1S/C18H21N5O2S2/c1-25-14-6-4-13(5-7-14)11-16-21-22-18(23(16)19)27-12-17(24)20-9-8-15-3-2-10-26-15/h2-7,10H,8-9,11-12,19H2,1H3,(H,20,24). The monoisotopic (exact) mass is 403 g/mol. The number of carbonyl (C=O) groups is 1. The fourth-order valence-corrected chi connectivity index (χ4v) is 3.83. The molecule has 1 amide bonds. The zero-order valence-corrected chi connectivity index (χ0v) is 16.6. The summed E-state index contributed by atoms with van der Waals surface area (Å²) in [5.41, 5.74) is 1.05. The third-order valence-corrected chi connectivity index (χ3v) is 5.74. The molecule has 0 aliphatic carbocycles. The largest absolute Gasteiger partial charge is 0.497 e. The maximum atomic E-state index is 12.0. The van der Waals surface area contributed by atoms with Crippen LogP contribution in [0.3, 0.4) is 0 Å². The Morgan fingerprint density at radius 1 is 1.30 bits per heavy atom. The number of ether oxygens (including phenoxy) is 1. The Hall–Kier alpha value is -2.52. The molecule has 0 bridgehead atoms. The second-order valence-electron chi connectivity index (χ2n) is 5.76. The second-order valence-corrected chi connectivity index (χ2v) is 7.74. The number of methoxy groups -OCH3 is 1. The highest BCUT2D eigenvalue weighted by atomic mass is 32.2. The molecule has 0 saturated heterocycles. The van der Waals surface area contributed by atoms with Gasteiger partial charge < -0.3 is 15.9 Å². The summed E-state index contributed by atoms with van der Waals surface area (Å²) in [5, 5.41) is 13.7. The van der Waals surface area contributed by atoms with Gasteiger partial charge in [-0.3, -0.25) is 4.79 Å². The van der Waals surface area contributed by atoms with Crippen LogP contribution in [0.5, 0.6) is 5.75 Å². The number of benzene rings is 1. The lowest BCUT2D eigenvalue weighted by molar-refractivity contribution is -0.118. The summed E-state index contributed by atoms with van der Waals surface area (Å²) in [5.74, 6) is 7.72. The summed E-state index contributed by atoms with van der Waals surface area (Å²) in [6.07, 6.45) is 1.40. The zero-order valence-electron chi connectivity index (χ0n) is 14.9. The van der Waals surface area contributed by atoms with Crippen molar-refractivity contribution in [3.63, 3.8) is 0 Å². The van der Waals surface area contributed by atoms with Crippen LogP contribution in [0.25, 0.3) is 0 Å². The molecule has 0 unspecified atom stereocenters. The number of thiophene rings is 1. The SMILES string of the molecule is COc1ccc(Cc2nnc(SCC(=O)NCCc3cccs3)n2N)cc1. The van der Waals surface area contributed by atoms with Gasteiger partial charge >= 0.3 is 0 Å². The first-order chi connectivity index (χ1) is 13.2. The van der Waals surface area contributed by atoms with Gasteiger partial charge in [0.25, 0.3) is 0 Å². The van der Waals surface area contributed by atoms with Crippen LogP contribution in [0.2, 0.25) is 0 Å². The number of hydrogen-bond donors (Lipinski definition) is 2. The molecule has 3 rings (SSSR count). The lowest BCUT2D eigenvalue weighted by Gasteiger charge is -2.06. The number of amides is 1. The van der Waals surface area contributed by atoms with Crippen molar-refractivity contribution in [1.82, 2.24) is 20.2 Å². The van der Waals surface area contributed by atoms with Crippen LogP contribution in [0.4, 0.5) is 0 Å². The van der Waals surface area contributed by atoms with Gasteiger partial charge in [0.2, 0.25) is 11.1 Å². The molecule has 0 aliphatic heterocycles. The van der Waals surface area contributed by atoms with E-state index in [0.29, 0.717) is 23.9 Å². The first-order valence-electron chi connectivity index (χ1n) is 8.40. The van der Waals surface area contributed by atoms with Crippen molar-refractivity contribution < 1.29 is 9.53 Å². The normalized spacial score (nSPS) is 10.7. The van der Waals surface area contributed by atoms with Crippen molar-refractivity contribution in [1.29, 1.82) is 0 Å². The lowest BCUT2D eigenvalue weighted by Crippen LogP contribution is -2.27. The van der Waals surface area contributed by atoms with Crippen LogP contribution in [0, 0.1) is 0 Å². The number of rotatable bonds is 9. The van der Waals surface area contributed by atoms with E-state index in [1.807, 2.05) is 35.7 Å². The summed E-state index contributed by atoms with van der Waals surface area (Å²) in [6, 6.07) is 11.8. The van der Waals surface area contributed by atoms with Crippen LogP contribution in [0.1, 0.15) is 16.3 Å². The molecule has 2 heterocycles. The number of nitrogens with two attached hydrogens (primary N) is 1. The maximum absolute atomic E-state index is 12.0. The van der Waals surface area contributed by atoms with E-state index in [1.165, 1.54) is 21.3 Å². The van der Waals surface area contributed by atoms with E-state index in [1.54, 1.807) is 18.4 Å². The molecule has 3 aromatic rings. The van der Waals surface area contributed by atoms with Crippen LogP contribution in [0.15, 0.2) is 46.9 Å². The number of carbonyl (C=O) groups excluding carboxylic acids is 1. The van der Waals surface area contributed by atoms with Crippen LogP contribution in [-0.4, -0.2) is 40.2 Å². The van der Waals surface area contributed by atoms with Crippen LogP contribution >= 0.6 is 23.1 Å². The third-order valence-electron chi connectivity index (χ3n) is 3.86. The van der Waals surface area contributed by atoms with Crippen LogP contribution in [-0.2, 0) is 17.6 Å². The molecule has 0 aliphatic rings. The average molecular weight is 404 g/mol. The smallest absolute Gasteiger partial charge is 0.230 e. The topological polar surface area (TPSA) is 95.1 Å². The van der Waals surface area contributed by atoms with Crippen molar-refractivity contribution in [2.45, 2.75) is 18.0 Å². The predicted molar refractivity (Wildman–Crippen MR) is 108 cm³/mol. The minimum absolute atomic E-state index is 0.0451. The lowest BCUT2D eigenvalue weighted by atomic mass is 10.1. The molecule has 2 aromatic heterocycles. The summed E-state index contributed by atoms with van der Waals surface area (Å²) in [7, 11) is 1.63. The van der Waals surface area contributed by atoms with Gasteiger partial charge in [0.05, 0.1) is 12.9 Å². The Kier molecular flexibility index (Phi) is 6.72. The van der Waals surface area contributed by atoms with Crippen molar-refractivity contribution in [2.75, 3.05) is 25.3 Å². The molecule has 0 radical (unpaired) electrons. The van der Waals surface area contributed by atoms with Crippen LogP contribution < -0.4 is 15.9 Å². The first-order valence-corrected chi connectivity index (χ1v) is 10.3. The van der Waals surface area contributed by atoms with E-state index < -0.39 is 0 Å². The van der Waals surface area contributed by atoms with Crippen molar-refractivity contribution in [2.24, 2.45) is 0 Å². The highest BCUT2D eigenvalue weighted by Crippen LogP contribution is 2.17. The molecule has 142 valence electrons. The fourth-order valence-electron chi connectivity index (χ4n) is 2.41. The van der Waals surface area contributed by atoms with E-state index in [-0.39, 0.29) is 11.7 Å². The van der Waals surface area contributed by atoms with Gasteiger partial charge in [-0.15, -0.1) is 21.5 Å². The number of hydrogen-bond acceptors (Lipinski definition) is 7. The molecule has 7 nitrogen and oxygen atoms in total. The van der Waals surface area contributed by atoms with E-state index in [9.17, 15) is 4.79 Å². The molecular weight excluding hydrogens is 382 g/mol. The number of nitrogen functional groups attached to an aromatic ring is 1. The Morgan fingerprint density at radius 2 is 2.11 bits per heavy atom. The first kappa shape index (κ1) is 19.2. The Labute approximate surface area is 165 Å². The Bertz CT molecular complexity index is 863. The summed E-state index contributed by atoms with van der Waals surface area (Å²) in [4.78, 5) is 13.2. The van der Waals surface area contributed by atoms with Gasteiger partial charge in [0.1, 0.15) is 5.75 Å². The predicted octanol–water partition coefficient (Wildman–Crippen LogP) is 2.10. The quantitative estimate of drug-likeness (QED) is 0.420. The second kappa shape index (κ2) is 9.43. The van der Waals surface area contributed by atoms with Crippen molar-refractivity contribution >= 4 is 29.0 Å². The molecule has 0 saturated carbocycles. The summed E-state index contributed by atoms with van der Waals surface area (Å²) >= 11 is 2.97. The van der Waals surface area contributed by atoms with Gasteiger partial charge in [0.15, 0.2) is 5.82 Å². The number of thioether (sulfide) groups is 1. The molecule has 0 fully saturated rings. The van der Waals surface area contributed by atoms with E-state index >= 15 is 0 Å². The minimum atomic E-state index is -0.0451. The average Bonchev–Trinajstić information content (AvgIpc) is 3.32. The van der Waals surface area contributed by atoms with Gasteiger partial charge in [-0.25, -0.2) is 4.68 Å². The fraction of sp³-hybridized carbons (Fsp3) is 0.278. The molecular formula is C18H21N5O2S2. The van der Waals surface area contributed by atoms with Crippen molar-refractivity contribution in [3.8, 4) is 5.75 Å². The van der Waals surface area contributed by atoms with E-state index in [0.717, 1.165) is 17.7 Å². The molecule has 9 heteroatoms. The van der Waals surface area contributed by atoms with E-state index in [2.05, 4.69) is 21.6 Å². The molecule has 1 aromatic carbocycles. The van der Waals surface area contributed by atoms with Gasteiger partial charge in [-0.1, -0.05) is 30.0 Å². The zero-order chi connectivity index (χ0) is 19.1. The van der Waals surface area contributed by atoms with Gasteiger partial charge in [-0.05, 0) is 35.6 Å². The highest BCUT2D eigenvalue weighted by molar-refractivity contribution is 7.99.